The average molecular weight is 422 g/mol. The van der Waals surface area contributed by atoms with E-state index in [1.807, 2.05) is 0 Å². The topological polar surface area (TPSA) is 201 Å². The minimum absolute atomic E-state index is 0.0433. The van der Waals surface area contributed by atoms with Gasteiger partial charge in [-0.1, -0.05) is 0 Å². The van der Waals surface area contributed by atoms with Crippen molar-refractivity contribution in [1.82, 2.24) is 10.4 Å². The van der Waals surface area contributed by atoms with Gasteiger partial charge in [-0.05, 0) is 0 Å². The van der Waals surface area contributed by atoms with Crippen molar-refractivity contribution in [2.75, 3.05) is 26.6 Å². The van der Waals surface area contributed by atoms with Crippen LogP contribution in [-0.2, 0) is 38.2 Å². The molecule has 0 radical (unpaired) electrons. The predicted octanol–water partition coefficient (Wildman–Crippen LogP) is -4.50. The summed E-state index contributed by atoms with van der Waals surface area (Å²) in [4.78, 5) is 50.4. The first-order valence-electron chi connectivity index (χ1n) is 8.56. The normalized spacial score (nSPS) is 29.8. The number of nitrogens with one attached hydrogen (secondary N) is 1. The summed E-state index contributed by atoms with van der Waals surface area (Å²) in [6.45, 7) is -2.40. The van der Waals surface area contributed by atoms with E-state index in [0.29, 0.717) is 5.06 Å². The lowest BCUT2D eigenvalue weighted by Crippen LogP contribution is -2.64. The Morgan fingerprint density at radius 1 is 1.07 bits per heavy atom. The average Bonchev–Trinajstić information content (AvgIpc) is 2.99. The zero-order valence-electron chi connectivity index (χ0n) is 15.1. The van der Waals surface area contributed by atoms with Crippen LogP contribution in [0.25, 0.3) is 0 Å². The molecule has 2 aliphatic rings. The fraction of sp³-hybridized carbons (Fsp3) is 0.733. The van der Waals surface area contributed by atoms with E-state index in [-0.39, 0.29) is 12.8 Å². The van der Waals surface area contributed by atoms with Crippen LogP contribution in [0.1, 0.15) is 12.8 Å². The van der Waals surface area contributed by atoms with Crippen molar-refractivity contribution in [3.8, 4) is 0 Å². The van der Waals surface area contributed by atoms with E-state index in [9.17, 15) is 34.5 Å². The van der Waals surface area contributed by atoms with E-state index in [0.717, 1.165) is 0 Å². The number of hydrogen-bond acceptors (Lipinski definition) is 12. The number of imide groups is 1. The van der Waals surface area contributed by atoms with Crippen LogP contribution >= 0.6 is 0 Å². The molecule has 2 heterocycles. The Balaban J connectivity index is 1.63. The molecule has 3 amide bonds. The monoisotopic (exact) mass is 422 g/mol. The highest BCUT2D eigenvalue weighted by Crippen LogP contribution is 2.19. The molecule has 164 valence electrons. The molecular weight excluding hydrogens is 400 g/mol. The minimum atomic E-state index is -1.67. The zero-order chi connectivity index (χ0) is 21.6. The molecule has 14 nitrogen and oxygen atoms in total. The second-order valence-corrected chi connectivity index (χ2v) is 6.18. The molecule has 2 aliphatic heterocycles. The van der Waals surface area contributed by atoms with Crippen LogP contribution in [0.2, 0.25) is 0 Å². The molecule has 0 aliphatic carbocycles. The van der Waals surface area contributed by atoms with Gasteiger partial charge in [0.25, 0.3) is 11.8 Å². The Bertz CT molecular complexity index is 612. The number of hydrogen-bond donors (Lipinski definition) is 5. The van der Waals surface area contributed by atoms with Crippen LogP contribution in [0.5, 0.6) is 0 Å². The van der Waals surface area contributed by atoms with E-state index in [2.05, 4.69) is 10.2 Å². The van der Waals surface area contributed by atoms with Gasteiger partial charge in [0.15, 0.2) is 6.29 Å². The second kappa shape index (κ2) is 10.5. The van der Waals surface area contributed by atoms with Crippen molar-refractivity contribution in [3.05, 3.63) is 0 Å². The molecule has 0 spiro atoms. The lowest BCUT2D eigenvalue weighted by Gasteiger charge is -2.40. The third kappa shape index (κ3) is 6.14. The van der Waals surface area contributed by atoms with Crippen LogP contribution in [0.3, 0.4) is 0 Å². The molecule has 0 saturated carbocycles. The molecular formula is C15H22N2O12. The summed E-state index contributed by atoms with van der Waals surface area (Å²) in [5, 5.41) is 40.9. The van der Waals surface area contributed by atoms with Gasteiger partial charge >= 0.3 is 5.97 Å². The summed E-state index contributed by atoms with van der Waals surface area (Å²) < 4.78 is 14.5. The van der Waals surface area contributed by atoms with E-state index in [1.165, 1.54) is 0 Å². The largest absolute Gasteiger partial charge is 0.394 e. The van der Waals surface area contributed by atoms with Crippen LogP contribution in [0.15, 0.2) is 0 Å². The molecule has 2 unspecified atom stereocenters. The van der Waals surface area contributed by atoms with E-state index in [1.54, 1.807) is 0 Å². The first-order valence-corrected chi connectivity index (χ1v) is 8.56. The highest BCUT2D eigenvalue weighted by molar-refractivity contribution is 6.01. The molecule has 2 fully saturated rings. The number of aliphatic hydroxyl groups is 4. The molecule has 2 rings (SSSR count). The Kier molecular flexibility index (Phi) is 8.39. The summed E-state index contributed by atoms with van der Waals surface area (Å²) in [7, 11) is 0. The van der Waals surface area contributed by atoms with Crippen molar-refractivity contribution in [1.29, 1.82) is 0 Å². The van der Waals surface area contributed by atoms with Gasteiger partial charge in [0.2, 0.25) is 5.91 Å². The van der Waals surface area contributed by atoms with Gasteiger partial charge in [0.1, 0.15) is 44.4 Å². The Labute approximate surface area is 163 Å². The predicted molar refractivity (Wildman–Crippen MR) is 85.9 cm³/mol. The molecule has 5 atom stereocenters. The molecule has 14 heteroatoms. The highest BCUT2D eigenvalue weighted by atomic mass is 16.7. The van der Waals surface area contributed by atoms with Crippen molar-refractivity contribution < 1.29 is 58.7 Å². The minimum Gasteiger partial charge on any atom is -0.394 e. The maximum atomic E-state index is 11.8. The number of nitrogens with zero attached hydrogens (tertiary/aromatic N) is 1. The summed E-state index contributed by atoms with van der Waals surface area (Å²) >= 11 is 0. The summed E-state index contributed by atoms with van der Waals surface area (Å²) in [6.07, 6.45) is -6.09. The summed E-state index contributed by atoms with van der Waals surface area (Å²) in [5.74, 6) is -3.09. The quantitative estimate of drug-likeness (QED) is 0.136. The molecule has 0 aromatic carbocycles. The molecule has 2 saturated heterocycles. The van der Waals surface area contributed by atoms with Crippen LogP contribution in [0.4, 0.5) is 0 Å². The van der Waals surface area contributed by atoms with Crippen molar-refractivity contribution in [2.45, 2.75) is 43.5 Å². The number of hydroxylamine groups is 2. The maximum Gasteiger partial charge on any atom is 0.358 e. The number of aliphatic hydroxyl groups excluding tert-OH is 4. The maximum absolute atomic E-state index is 11.8. The van der Waals surface area contributed by atoms with E-state index >= 15 is 0 Å². The molecule has 0 aromatic heterocycles. The Morgan fingerprint density at radius 3 is 2.31 bits per heavy atom. The zero-order valence-corrected chi connectivity index (χ0v) is 15.1. The summed E-state index contributed by atoms with van der Waals surface area (Å²) in [6, 6.07) is -1.37. The fourth-order valence-electron chi connectivity index (χ4n) is 2.58. The molecule has 0 aromatic rings. The van der Waals surface area contributed by atoms with Crippen molar-refractivity contribution in [2.24, 2.45) is 0 Å². The van der Waals surface area contributed by atoms with Crippen molar-refractivity contribution >= 4 is 23.7 Å². The lowest BCUT2D eigenvalue weighted by molar-refractivity contribution is -0.254. The van der Waals surface area contributed by atoms with Crippen LogP contribution in [0, 0.1) is 0 Å². The third-order valence-corrected chi connectivity index (χ3v) is 4.05. The third-order valence-electron chi connectivity index (χ3n) is 4.05. The fourth-order valence-corrected chi connectivity index (χ4v) is 2.58. The molecule has 0 bridgehead atoms. The van der Waals surface area contributed by atoms with Gasteiger partial charge in [-0.3, -0.25) is 14.4 Å². The van der Waals surface area contributed by atoms with Crippen LogP contribution < -0.4 is 5.32 Å². The Morgan fingerprint density at radius 2 is 1.69 bits per heavy atom. The lowest BCUT2D eigenvalue weighted by atomic mass is 9.97. The van der Waals surface area contributed by atoms with Gasteiger partial charge in [0, 0.05) is 12.8 Å². The second-order valence-electron chi connectivity index (χ2n) is 6.18. The van der Waals surface area contributed by atoms with Crippen LogP contribution in [-0.4, -0.2) is 106 Å². The van der Waals surface area contributed by atoms with Crippen molar-refractivity contribution in [3.63, 3.8) is 0 Å². The Hall–Kier alpha value is -2.20. The van der Waals surface area contributed by atoms with E-state index < -0.39 is 80.9 Å². The number of ether oxygens (including phenoxy) is 3. The number of carbonyl (C=O) groups is 4. The highest BCUT2D eigenvalue weighted by Gasteiger charge is 2.44. The smallest absolute Gasteiger partial charge is 0.358 e. The molecule has 29 heavy (non-hydrogen) atoms. The first kappa shape index (κ1) is 23.1. The number of rotatable bonds is 9. The summed E-state index contributed by atoms with van der Waals surface area (Å²) in [5.41, 5.74) is 0. The molecule has 5 N–H and O–H groups in total. The van der Waals surface area contributed by atoms with Gasteiger partial charge < -0.3 is 44.8 Å². The van der Waals surface area contributed by atoms with E-state index in [4.69, 9.17) is 19.3 Å². The van der Waals surface area contributed by atoms with Gasteiger partial charge in [-0.25, -0.2) is 4.79 Å². The standard InChI is InChI=1S/C15H22N2O12/c18-3-7-13(23)14(24)12(15(25)28-7)16-8(19)4-26-6-27-5-11(22)29-17-9(20)1-2-10(17)21/h7,12-15,18,23-25H,1-6H2,(H,16,19)/t7?,12?,13-,14-,15+/m0/s1. The SMILES string of the molecule is O=C(COCOCC(=O)ON1C(=O)CCC1=O)NC1[C@H](O)OC(CO)[C@H](O)[C@H]1O. The number of amides is 3. The van der Waals surface area contributed by atoms with Gasteiger partial charge in [0.05, 0.1) is 6.61 Å². The first-order chi connectivity index (χ1) is 13.7. The number of carbonyl (C=O) groups excluding carboxylic acids is 4. The van der Waals surface area contributed by atoms with Gasteiger partial charge in [-0.15, -0.1) is 5.06 Å². The van der Waals surface area contributed by atoms with Gasteiger partial charge in [-0.2, -0.15) is 0 Å².